The third kappa shape index (κ3) is 5.19. The Labute approximate surface area is 140 Å². The second-order valence-corrected chi connectivity index (χ2v) is 6.63. The van der Waals surface area contributed by atoms with E-state index in [1.165, 1.54) is 0 Å². The minimum Gasteiger partial charge on any atom is -0.444 e. The third-order valence-corrected chi connectivity index (χ3v) is 3.35. The molecule has 9 heteroatoms. The summed E-state index contributed by atoms with van der Waals surface area (Å²) in [6.45, 7) is 6.53. The molecule has 2 heterocycles. The van der Waals surface area contributed by atoms with E-state index in [2.05, 4.69) is 10.1 Å². The molecule has 0 saturated carbocycles. The number of amides is 2. The van der Waals surface area contributed by atoms with Crippen molar-refractivity contribution in [3.8, 4) is 0 Å². The predicted octanol–water partition coefficient (Wildman–Crippen LogP) is 1.19. The van der Waals surface area contributed by atoms with E-state index in [4.69, 9.17) is 19.7 Å². The zero-order valence-corrected chi connectivity index (χ0v) is 14.3. The SMILES string of the molecule is CC(C)(C)OC(=O)N1CCOCC1c1noc(CCCC(N)=O)n1. The minimum absolute atomic E-state index is 0.258. The van der Waals surface area contributed by atoms with Gasteiger partial charge in [0.1, 0.15) is 11.6 Å². The molecule has 1 aromatic rings. The number of nitrogens with zero attached hydrogens (tertiary/aromatic N) is 3. The summed E-state index contributed by atoms with van der Waals surface area (Å²) in [5.74, 6) is 0.405. The molecular formula is C15H24N4O5. The summed E-state index contributed by atoms with van der Waals surface area (Å²) < 4.78 is 16.0. The first-order chi connectivity index (χ1) is 11.3. The zero-order chi connectivity index (χ0) is 17.7. The van der Waals surface area contributed by atoms with Gasteiger partial charge in [0.15, 0.2) is 5.82 Å². The lowest BCUT2D eigenvalue weighted by atomic mass is 10.2. The van der Waals surface area contributed by atoms with E-state index in [-0.39, 0.29) is 18.9 Å². The Kier molecular flexibility index (Phi) is 5.76. The van der Waals surface area contributed by atoms with Crippen LogP contribution in [0.5, 0.6) is 0 Å². The average molecular weight is 340 g/mol. The Morgan fingerprint density at radius 2 is 2.17 bits per heavy atom. The molecule has 1 aliphatic heterocycles. The number of hydrogen-bond acceptors (Lipinski definition) is 7. The molecule has 1 atom stereocenters. The van der Waals surface area contributed by atoms with E-state index in [1.807, 2.05) is 20.8 Å². The summed E-state index contributed by atoms with van der Waals surface area (Å²) >= 11 is 0. The number of ether oxygens (including phenoxy) is 2. The highest BCUT2D eigenvalue weighted by Crippen LogP contribution is 2.24. The van der Waals surface area contributed by atoms with Crippen LogP contribution in [0.15, 0.2) is 4.52 Å². The number of primary amides is 1. The van der Waals surface area contributed by atoms with Gasteiger partial charge in [0, 0.05) is 19.4 Å². The highest BCUT2D eigenvalue weighted by atomic mass is 16.6. The van der Waals surface area contributed by atoms with Crippen molar-refractivity contribution in [2.45, 2.75) is 51.7 Å². The van der Waals surface area contributed by atoms with Crippen molar-refractivity contribution in [2.75, 3.05) is 19.8 Å². The summed E-state index contributed by atoms with van der Waals surface area (Å²) in [6.07, 6.45) is 0.814. The fourth-order valence-corrected chi connectivity index (χ4v) is 2.28. The number of nitrogens with two attached hydrogens (primary N) is 1. The topological polar surface area (TPSA) is 121 Å². The van der Waals surface area contributed by atoms with Gasteiger partial charge in [-0.25, -0.2) is 4.79 Å². The maximum Gasteiger partial charge on any atom is 0.411 e. The Morgan fingerprint density at radius 1 is 1.42 bits per heavy atom. The molecule has 1 fully saturated rings. The standard InChI is InChI=1S/C15H24N4O5/c1-15(2,3)23-14(21)19-7-8-22-9-10(19)13-17-12(24-18-13)6-4-5-11(16)20/h10H,4-9H2,1-3H3,(H2,16,20). The number of carbonyl (C=O) groups excluding carboxylic acids is 2. The van der Waals surface area contributed by atoms with Gasteiger partial charge in [0.2, 0.25) is 11.8 Å². The van der Waals surface area contributed by atoms with Crippen LogP contribution < -0.4 is 5.73 Å². The minimum atomic E-state index is -0.586. The Hall–Kier alpha value is -2.16. The van der Waals surface area contributed by atoms with Crippen LogP contribution in [0.2, 0.25) is 0 Å². The average Bonchev–Trinajstić information content (AvgIpc) is 2.94. The molecule has 2 N–H and O–H groups in total. The lowest BCUT2D eigenvalue weighted by molar-refractivity contribution is -0.118. The van der Waals surface area contributed by atoms with Gasteiger partial charge in [-0.3, -0.25) is 9.69 Å². The van der Waals surface area contributed by atoms with Crippen molar-refractivity contribution in [1.82, 2.24) is 15.0 Å². The van der Waals surface area contributed by atoms with Crippen molar-refractivity contribution in [2.24, 2.45) is 5.73 Å². The zero-order valence-electron chi connectivity index (χ0n) is 14.3. The van der Waals surface area contributed by atoms with Crippen molar-refractivity contribution < 1.29 is 23.6 Å². The van der Waals surface area contributed by atoms with Crippen LogP contribution in [0.3, 0.4) is 0 Å². The molecule has 0 aromatic carbocycles. The van der Waals surface area contributed by atoms with E-state index in [1.54, 1.807) is 4.90 Å². The van der Waals surface area contributed by atoms with E-state index >= 15 is 0 Å². The van der Waals surface area contributed by atoms with Crippen LogP contribution >= 0.6 is 0 Å². The van der Waals surface area contributed by atoms with Gasteiger partial charge in [-0.05, 0) is 27.2 Å². The summed E-state index contributed by atoms with van der Waals surface area (Å²) in [5, 5.41) is 3.94. The van der Waals surface area contributed by atoms with Gasteiger partial charge < -0.3 is 19.7 Å². The quantitative estimate of drug-likeness (QED) is 0.854. The molecule has 1 unspecified atom stereocenters. The van der Waals surface area contributed by atoms with E-state index in [9.17, 15) is 9.59 Å². The number of hydrogen-bond donors (Lipinski definition) is 1. The molecule has 2 rings (SSSR count). The van der Waals surface area contributed by atoms with Gasteiger partial charge in [-0.1, -0.05) is 5.16 Å². The predicted molar refractivity (Wildman–Crippen MR) is 82.9 cm³/mol. The first kappa shape index (κ1) is 18.2. The van der Waals surface area contributed by atoms with Gasteiger partial charge in [0.05, 0.1) is 13.2 Å². The maximum atomic E-state index is 12.4. The number of carbonyl (C=O) groups is 2. The molecule has 24 heavy (non-hydrogen) atoms. The molecule has 9 nitrogen and oxygen atoms in total. The van der Waals surface area contributed by atoms with Crippen LogP contribution in [-0.2, 0) is 20.7 Å². The van der Waals surface area contributed by atoms with E-state index in [0.717, 1.165) is 0 Å². The second-order valence-electron chi connectivity index (χ2n) is 6.63. The molecule has 1 aliphatic rings. The lowest BCUT2D eigenvalue weighted by Crippen LogP contribution is -2.46. The van der Waals surface area contributed by atoms with Crippen molar-refractivity contribution in [3.63, 3.8) is 0 Å². The smallest absolute Gasteiger partial charge is 0.411 e. The fraction of sp³-hybridized carbons (Fsp3) is 0.733. The highest BCUT2D eigenvalue weighted by molar-refractivity contribution is 5.73. The van der Waals surface area contributed by atoms with Crippen LogP contribution in [0.4, 0.5) is 4.79 Å². The van der Waals surface area contributed by atoms with Gasteiger partial charge >= 0.3 is 6.09 Å². The van der Waals surface area contributed by atoms with Crippen LogP contribution in [0, 0.1) is 0 Å². The second kappa shape index (κ2) is 7.61. The molecule has 0 radical (unpaired) electrons. The molecule has 0 aliphatic carbocycles. The molecule has 134 valence electrons. The molecular weight excluding hydrogens is 316 g/mol. The molecule has 1 aromatic heterocycles. The molecule has 0 spiro atoms. The molecule has 0 bridgehead atoms. The third-order valence-electron chi connectivity index (χ3n) is 3.35. The number of aryl methyl sites for hydroxylation is 1. The van der Waals surface area contributed by atoms with Crippen LogP contribution in [0.25, 0.3) is 0 Å². The van der Waals surface area contributed by atoms with Crippen LogP contribution in [-0.4, -0.2) is 52.4 Å². The Bertz CT molecular complexity index is 581. The van der Waals surface area contributed by atoms with Crippen molar-refractivity contribution in [1.29, 1.82) is 0 Å². The first-order valence-corrected chi connectivity index (χ1v) is 7.94. The maximum absolute atomic E-state index is 12.4. The van der Waals surface area contributed by atoms with Crippen LogP contribution in [0.1, 0.15) is 51.4 Å². The first-order valence-electron chi connectivity index (χ1n) is 7.94. The monoisotopic (exact) mass is 340 g/mol. The highest BCUT2D eigenvalue weighted by Gasteiger charge is 2.34. The van der Waals surface area contributed by atoms with Gasteiger partial charge in [-0.15, -0.1) is 0 Å². The van der Waals surface area contributed by atoms with Crippen molar-refractivity contribution in [3.05, 3.63) is 11.7 Å². The lowest BCUT2D eigenvalue weighted by Gasteiger charge is -2.34. The largest absolute Gasteiger partial charge is 0.444 e. The van der Waals surface area contributed by atoms with Gasteiger partial charge in [-0.2, -0.15) is 4.98 Å². The number of morpholine rings is 1. The number of aromatic nitrogens is 2. The Balaban J connectivity index is 2.03. The summed E-state index contributed by atoms with van der Waals surface area (Å²) in [7, 11) is 0. The molecule has 2 amide bonds. The summed E-state index contributed by atoms with van der Waals surface area (Å²) in [5.41, 5.74) is 4.51. The summed E-state index contributed by atoms with van der Waals surface area (Å²) in [6, 6.07) is -0.456. The van der Waals surface area contributed by atoms with E-state index in [0.29, 0.717) is 37.7 Å². The number of rotatable bonds is 5. The van der Waals surface area contributed by atoms with Gasteiger partial charge in [0.25, 0.3) is 0 Å². The normalized spacial score (nSPS) is 18.5. The van der Waals surface area contributed by atoms with Crippen molar-refractivity contribution >= 4 is 12.0 Å². The van der Waals surface area contributed by atoms with E-state index < -0.39 is 17.7 Å². The molecule has 1 saturated heterocycles. The fourth-order valence-electron chi connectivity index (χ4n) is 2.28. The Morgan fingerprint density at radius 3 is 2.83 bits per heavy atom. The summed E-state index contributed by atoms with van der Waals surface area (Å²) in [4.78, 5) is 29.0.